The van der Waals surface area contributed by atoms with Gasteiger partial charge in [-0.25, -0.2) is 8.78 Å². The second-order valence-corrected chi connectivity index (χ2v) is 5.64. The summed E-state index contributed by atoms with van der Waals surface area (Å²) < 4.78 is 56.4. The number of hydrogen-bond acceptors (Lipinski definition) is 3. The molecule has 0 radical (unpaired) electrons. The maximum atomic E-state index is 13.5. The van der Waals surface area contributed by atoms with Crippen molar-refractivity contribution in [2.24, 2.45) is 0 Å². The first-order chi connectivity index (χ1) is 11.4. The third kappa shape index (κ3) is 4.61. The summed E-state index contributed by atoms with van der Waals surface area (Å²) in [6.07, 6.45) is 2.22. The van der Waals surface area contributed by atoms with Gasteiger partial charge in [0.05, 0.1) is 12.0 Å². The summed E-state index contributed by atoms with van der Waals surface area (Å²) in [5.41, 5.74) is 0.110. The molecule has 2 aromatic carbocycles. The van der Waals surface area contributed by atoms with Crippen molar-refractivity contribution >= 4 is 23.6 Å². The van der Waals surface area contributed by atoms with E-state index in [9.17, 15) is 22.4 Å². The number of ketones is 1. The number of halogens is 4. The van der Waals surface area contributed by atoms with Crippen LogP contribution in [0.5, 0.6) is 5.75 Å². The second kappa shape index (κ2) is 8.01. The number of benzene rings is 2. The Morgan fingerprint density at radius 2 is 1.92 bits per heavy atom. The first-order valence-corrected chi connectivity index (χ1v) is 7.59. The second-order valence-electron chi connectivity index (χ2n) is 4.61. The van der Waals surface area contributed by atoms with Crippen LogP contribution >= 0.6 is 11.8 Å². The van der Waals surface area contributed by atoms with Crippen molar-refractivity contribution in [3.05, 3.63) is 65.2 Å². The summed E-state index contributed by atoms with van der Waals surface area (Å²) in [6, 6.07) is 6.92. The zero-order valence-corrected chi connectivity index (χ0v) is 13.2. The lowest BCUT2D eigenvalue weighted by Gasteiger charge is -2.08. The normalized spacial score (nSPS) is 11.2. The maximum absolute atomic E-state index is 13.5. The molecule has 0 aliphatic heterocycles. The zero-order valence-electron chi connectivity index (χ0n) is 12.4. The highest BCUT2D eigenvalue weighted by Gasteiger charge is 2.13. The van der Waals surface area contributed by atoms with Crippen molar-refractivity contribution in [2.45, 2.75) is 10.7 Å². The van der Waals surface area contributed by atoms with Gasteiger partial charge in [0.2, 0.25) is 0 Å². The van der Waals surface area contributed by atoms with E-state index in [0.717, 1.165) is 30.4 Å². The highest BCUT2D eigenvalue weighted by atomic mass is 32.2. The predicted octanol–water partition coefficient (Wildman–Crippen LogP) is 5.18. The van der Waals surface area contributed by atoms with Crippen LogP contribution in [0, 0.1) is 11.6 Å². The minimum Gasteiger partial charge on any atom is -0.496 e. The van der Waals surface area contributed by atoms with E-state index in [1.54, 1.807) is 0 Å². The molecule has 0 saturated heterocycles. The molecule has 2 rings (SSSR count). The zero-order chi connectivity index (χ0) is 17.7. The Balaban J connectivity index is 2.23. The topological polar surface area (TPSA) is 26.3 Å². The number of allylic oxidation sites excluding steroid dienone is 1. The highest BCUT2D eigenvalue weighted by molar-refractivity contribution is 7.99. The third-order valence-corrected chi connectivity index (χ3v) is 3.81. The first-order valence-electron chi connectivity index (χ1n) is 6.71. The fourth-order valence-corrected chi connectivity index (χ4v) is 2.52. The summed E-state index contributed by atoms with van der Waals surface area (Å²) >= 11 is 0.305. The van der Waals surface area contributed by atoms with Gasteiger partial charge in [0.1, 0.15) is 17.4 Å². The molecular weight excluding hydrogens is 344 g/mol. The summed E-state index contributed by atoms with van der Waals surface area (Å²) in [6.45, 7) is 0. The molecule has 0 heterocycles. The van der Waals surface area contributed by atoms with Crippen LogP contribution in [0.1, 0.15) is 15.9 Å². The van der Waals surface area contributed by atoms with Crippen molar-refractivity contribution in [3.8, 4) is 5.75 Å². The van der Waals surface area contributed by atoms with E-state index in [2.05, 4.69) is 0 Å². The lowest BCUT2D eigenvalue weighted by Crippen LogP contribution is -1.97. The van der Waals surface area contributed by atoms with Crippen LogP contribution in [0.4, 0.5) is 17.6 Å². The van der Waals surface area contributed by atoms with Gasteiger partial charge in [-0.15, -0.1) is 0 Å². The van der Waals surface area contributed by atoms with Crippen LogP contribution < -0.4 is 4.74 Å². The van der Waals surface area contributed by atoms with E-state index in [-0.39, 0.29) is 21.8 Å². The summed E-state index contributed by atoms with van der Waals surface area (Å²) in [4.78, 5) is 12.3. The van der Waals surface area contributed by atoms with E-state index in [1.165, 1.54) is 25.3 Å². The molecule has 0 atom stereocenters. The minimum absolute atomic E-state index is 0.0693. The quantitative estimate of drug-likeness (QED) is 0.309. The molecule has 0 fully saturated rings. The predicted molar refractivity (Wildman–Crippen MR) is 84.6 cm³/mol. The maximum Gasteiger partial charge on any atom is 0.289 e. The van der Waals surface area contributed by atoms with Crippen LogP contribution in [-0.2, 0) is 0 Å². The molecule has 0 amide bonds. The molecule has 0 saturated carbocycles. The van der Waals surface area contributed by atoms with Gasteiger partial charge in [-0.1, -0.05) is 11.8 Å². The summed E-state index contributed by atoms with van der Waals surface area (Å²) in [7, 11) is 1.30. The molecule has 0 N–H and O–H groups in total. The number of rotatable bonds is 6. The van der Waals surface area contributed by atoms with Crippen LogP contribution in [-0.4, -0.2) is 18.7 Å². The Hall–Kier alpha value is -2.28. The Kier molecular flexibility index (Phi) is 6.03. The van der Waals surface area contributed by atoms with Crippen molar-refractivity contribution in [1.29, 1.82) is 0 Å². The first kappa shape index (κ1) is 18.1. The molecule has 0 aliphatic rings. The number of alkyl halides is 2. The molecule has 0 aliphatic carbocycles. The Bertz CT molecular complexity index is 775. The summed E-state index contributed by atoms with van der Waals surface area (Å²) in [5, 5.41) is 0. The molecule has 0 bridgehead atoms. The average Bonchev–Trinajstić information content (AvgIpc) is 2.55. The number of ether oxygens (including phenoxy) is 1. The molecule has 7 heteroatoms. The standard InChI is InChI=1S/C17H12F4O2S/c1-23-15-9-11(3-7-16(15)24-17(20)21)14(22)6-2-10-8-12(18)4-5-13(10)19/h2-9,17H,1H3/b6-2+. The molecular formula is C17H12F4O2S. The van der Waals surface area contributed by atoms with Gasteiger partial charge in [0.15, 0.2) is 5.78 Å². The van der Waals surface area contributed by atoms with E-state index < -0.39 is 23.2 Å². The molecule has 2 aromatic rings. The molecule has 0 spiro atoms. The summed E-state index contributed by atoms with van der Waals surface area (Å²) in [5.74, 6) is -4.27. The molecule has 126 valence electrons. The SMILES string of the molecule is COc1cc(C(=O)/C=C/c2cc(F)ccc2F)ccc1SC(F)F. The Morgan fingerprint density at radius 3 is 2.58 bits per heavy atom. The highest BCUT2D eigenvalue weighted by Crippen LogP contribution is 2.34. The number of carbonyl (C=O) groups excluding carboxylic acids is 1. The lowest BCUT2D eigenvalue weighted by atomic mass is 10.1. The monoisotopic (exact) mass is 356 g/mol. The van der Waals surface area contributed by atoms with Gasteiger partial charge < -0.3 is 4.74 Å². The third-order valence-electron chi connectivity index (χ3n) is 3.04. The number of methoxy groups -OCH3 is 1. The Morgan fingerprint density at radius 1 is 1.17 bits per heavy atom. The van der Waals surface area contributed by atoms with Gasteiger partial charge in [-0.05, 0) is 48.6 Å². The smallest absolute Gasteiger partial charge is 0.289 e. The fraction of sp³-hybridized carbons (Fsp3) is 0.118. The van der Waals surface area contributed by atoms with Crippen molar-refractivity contribution in [2.75, 3.05) is 7.11 Å². The average molecular weight is 356 g/mol. The van der Waals surface area contributed by atoms with Gasteiger partial charge in [0, 0.05) is 11.1 Å². The van der Waals surface area contributed by atoms with Gasteiger partial charge >= 0.3 is 0 Å². The molecule has 0 aromatic heterocycles. The molecule has 24 heavy (non-hydrogen) atoms. The number of carbonyl (C=O) groups is 1. The van der Waals surface area contributed by atoms with Crippen LogP contribution in [0.2, 0.25) is 0 Å². The lowest BCUT2D eigenvalue weighted by molar-refractivity contribution is 0.104. The van der Waals surface area contributed by atoms with Gasteiger partial charge in [0.25, 0.3) is 5.76 Å². The van der Waals surface area contributed by atoms with Crippen molar-refractivity contribution < 1.29 is 27.1 Å². The largest absolute Gasteiger partial charge is 0.496 e. The van der Waals surface area contributed by atoms with E-state index in [0.29, 0.717) is 11.8 Å². The van der Waals surface area contributed by atoms with Crippen molar-refractivity contribution in [3.63, 3.8) is 0 Å². The minimum atomic E-state index is -2.61. The van der Waals surface area contributed by atoms with Crippen LogP contribution in [0.15, 0.2) is 47.4 Å². The molecule has 0 unspecified atom stereocenters. The number of thioether (sulfide) groups is 1. The Labute approximate surface area is 140 Å². The van der Waals surface area contributed by atoms with E-state index in [4.69, 9.17) is 4.74 Å². The number of hydrogen-bond donors (Lipinski definition) is 0. The van der Waals surface area contributed by atoms with Crippen LogP contribution in [0.25, 0.3) is 6.08 Å². The molecule has 2 nitrogen and oxygen atoms in total. The van der Waals surface area contributed by atoms with Gasteiger partial charge in [-0.3, -0.25) is 4.79 Å². The van der Waals surface area contributed by atoms with Crippen molar-refractivity contribution in [1.82, 2.24) is 0 Å². The van der Waals surface area contributed by atoms with Gasteiger partial charge in [-0.2, -0.15) is 8.78 Å². The fourth-order valence-electron chi connectivity index (χ4n) is 1.92. The van der Waals surface area contributed by atoms with E-state index in [1.807, 2.05) is 0 Å². The van der Waals surface area contributed by atoms with Crippen LogP contribution in [0.3, 0.4) is 0 Å². The van der Waals surface area contributed by atoms with E-state index >= 15 is 0 Å².